The summed E-state index contributed by atoms with van der Waals surface area (Å²) in [5.74, 6) is 1.40. The third kappa shape index (κ3) is 9.71. The van der Waals surface area contributed by atoms with Gasteiger partial charge in [0, 0.05) is 25.4 Å². The van der Waals surface area contributed by atoms with E-state index >= 15 is 0 Å². The summed E-state index contributed by atoms with van der Waals surface area (Å²) in [5.41, 5.74) is 5.19. The van der Waals surface area contributed by atoms with Crippen LogP contribution in [0.2, 0.25) is 0 Å². The number of hydroxylamine groups is 1. The Labute approximate surface area is 205 Å². The SMILES string of the molecule is CC.CC.Cc1ccc(-c2ccnc(N(CCCCCCC(=O)NO)c3ccccn3)c2)cc1. The smallest absolute Gasteiger partial charge is 0.243 e. The molecule has 2 heterocycles. The molecule has 0 aliphatic heterocycles. The van der Waals surface area contributed by atoms with Crippen molar-refractivity contribution in [3.05, 3.63) is 72.6 Å². The minimum atomic E-state index is -0.331. The summed E-state index contributed by atoms with van der Waals surface area (Å²) in [6, 6.07) is 18.5. The van der Waals surface area contributed by atoms with Crippen LogP contribution in [0.3, 0.4) is 0 Å². The first-order chi connectivity index (χ1) is 16.7. The molecule has 184 valence electrons. The lowest BCUT2D eigenvalue weighted by Crippen LogP contribution is -2.21. The quantitative estimate of drug-likeness (QED) is 0.190. The first-order valence-corrected chi connectivity index (χ1v) is 12.3. The fourth-order valence-corrected chi connectivity index (χ4v) is 3.32. The van der Waals surface area contributed by atoms with E-state index in [1.807, 2.05) is 58.2 Å². The largest absolute Gasteiger partial charge is 0.311 e. The zero-order valence-electron chi connectivity index (χ0n) is 21.3. The molecule has 6 nitrogen and oxygen atoms in total. The van der Waals surface area contributed by atoms with E-state index < -0.39 is 0 Å². The van der Waals surface area contributed by atoms with Gasteiger partial charge in [-0.3, -0.25) is 10.0 Å². The molecule has 0 unspecified atom stereocenters. The molecule has 3 rings (SSSR count). The molecule has 34 heavy (non-hydrogen) atoms. The maximum Gasteiger partial charge on any atom is 0.243 e. The van der Waals surface area contributed by atoms with Crippen molar-refractivity contribution < 1.29 is 10.0 Å². The molecule has 2 aromatic heterocycles. The Morgan fingerprint density at radius 2 is 1.50 bits per heavy atom. The average molecular weight is 465 g/mol. The Kier molecular flexibility index (Phi) is 14.6. The number of anilines is 2. The molecule has 0 fully saturated rings. The zero-order valence-corrected chi connectivity index (χ0v) is 21.3. The number of carbonyl (C=O) groups is 1. The average Bonchev–Trinajstić information content (AvgIpc) is 2.91. The van der Waals surface area contributed by atoms with Gasteiger partial charge in [0.25, 0.3) is 0 Å². The minimum absolute atomic E-state index is 0.331. The number of nitrogens with one attached hydrogen (secondary N) is 1. The Balaban J connectivity index is 0.00000137. The lowest BCUT2D eigenvalue weighted by molar-refractivity contribution is -0.129. The van der Waals surface area contributed by atoms with E-state index in [2.05, 4.69) is 52.1 Å². The molecule has 0 bridgehead atoms. The van der Waals surface area contributed by atoms with E-state index in [4.69, 9.17) is 5.21 Å². The standard InChI is InChI=1S/C24H28N4O2.2C2H6/c1-19-10-12-20(13-11-19)21-14-16-26-23(18-21)28(22-8-5-6-15-25-22)17-7-3-2-4-9-24(29)27-30;2*1-2/h5-6,8,10-16,18,30H,2-4,7,9,17H2,1H3,(H,27,29);2*1-2H3. The van der Waals surface area contributed by atoms with Crippen molar-refractivity contribution in [2.75, 3.05) is 11.4 Å². The summed E-state index contributed by atoms with van der Waals surface area (Å²) in [4.78, 5) is 22.4. The first-order valence-electron chi connectivity index (χ1n) is 12.3. The van der Waals surface area contributed by atoms with Crippen LogP contribution in [0.15, 0.2) is 67.0 Å². The Morgan fingerprint density at radius 3 is 2.15 bits per heavy atom. The van der Waals surface area contributed by atoms with Crippen LogP contribution in [0, 0.1) is 6.92 Å². The fraction of sp³-hybridized carbons (Fsp3) is 0.393. The van der Waals surface area contributed by atoms with E-state index in [0.29, 0.717) is 6.42 Å². The minimum Gasteiger partial charge on any atom is -0.311 e. The maximum atomic E-state index is 11.1. The van der Waals surface area contributed by atoms with Crippen LogP contribution in [0.25, 0.3) is 11.1 Å². The van der Waals surface area contributed by atoms with Gasteiger partial charge in [-0.05, 0) is 55.2 Å². The molecule has 0 aliphatic carbocycles. The molecule has 2 N–H and O–H groups in total. The molecule has 0 radical (unpaired) electrons. The number of carbonyl (C=O) groups excluding carboxylic acids is 1. The molecule has 0 atom stereocenters. The van der Waals surface area contributed by atoms with Gasteiger partial charge in [0.2, 0.25) is 5.91 Å². The van der Waals surface area contributed by atoms with Crippen LogP contribution in [-0.2, 0) is 4.79 Å². The van der Waals surface area contributed by atoms with Gasteiger partial charge in [-0.25, -0.2) is 15.4 Å². The summed E-state index contributed by atoms with van der Waals surface area (Å²) in [5, 5.41) is 8.56. The van der Waals surface area contributed by atoms with Gasteiger partial charge in [0.05, 0.1) is 0 Å². The Morgan fingerprint density at radius 1 is 0.824 bits per heavy atom. The number of pyridine rings is 2. The second-order valence-electron chi connectivity index (χ2n) is 7.31. The van der Waals surface area contributed by atoms with Gasteiger partial charge >= 0.3 is 0 Å². The normalized spacial score (nSPS) is 9.71. The molecule has 1 amide bonds. The number of benzene rings is 1. The summed E-state index contributed by atoms with van der Waals surface area (Å²) in [6.45, 7) is 10.9. The third-order valence-corrected chi connectivity index (χ3v) is 4.99. The highest BCUT2D eigenvalue weighted by Gasteiger charge is 2.13. The molecule has 0 saturated carbocycles. The molecule has 1 aromatic carbocycles. The molecule has 0 spiro atoms. The van der Waals surface area contributed by atoms with Gasteiger partial charge in [0.1, 0.15) is 11.6 Å². The van der Waals surface area contributed by atoms with Gasteiger partial charge in [-0.15, -0.1) is 0 Å². The monoisotopic (exact) mass is 464 g/mol. The van der Waals surface area contributed by atoms with Crippen LogP contribution < -0.4 is 10.4 Å². The molecule has 3 aromatic rings. The highest BCUT2D eigenvalue weighted by Crippen LogP contribution is 2.27. The van der Waals surface area contributed by atoms with Crippen molar-refractivity contribution in [3.63, 3.8) is 0 Å². The lowest BCUT2D eigenvalue weighted by atomic mass is 10.1. The maximum absolute atomic E-state index is 11.1. The highest BCUT2D eigenvalue weighted by molar-refractivity contribution is 5.74. The number of hydrogen-bond donors (Lipinski definition) is 2. The topological polar surface area (TPSA) is 78.4 Å². The lowest BCUT2D eigenvalue weighted by Gasteiger charge is -2.23. The molecule has 6 heteroatoms. The van der Waals surface area contributed by atoms with E-state index in [1.165, 1.54) is 5.56 Å². The molecular formula is C28H40N4O2. The molecule has 0 aliphatic rings. The van der Waals surface area contributed by atoms with Crippen LogP contribution in [-0.4, -0.2) is 27.6 Å². The zero-order chi connectivity index (χ0) is 25.2. The Hall–Kier alpha value is -3.25. The van der Waals surface area contributed by atoms with E-state index in [1.54, 1.807) is 11.7 Å². The fourth-order valence-electron chi connectivity index (χ4n) is 3.32. The predicted molar refractivity (Wildman–Crippen MR) is 141 cm³/mol. The third-order valence-electron chi connectivity index (χ3n) is 4.99. The number of unbranched alkanes of at least 4 members (excludes halogenated alkanes) is 3. The van der Waals surface area contributed by atoms with Crippen molar-refractivity contribution >= 4 is 17.5 Å². The van der Waals surface area contributed by atoms with Crippen LogP contribution in [0.5, 0.6) is 0 Å². The van der Waals surface area contributed by atoms with Crippen molar-refractivity contribution in [1.29, 1.82) is 0 Å². The number of rotatable bonds is 10. The molecule has 0 saturated heterocycles. The van der Waals surface area contributed by atoms with Crippen molar-refractivity contribution in [2.45, 2.75) is 66.7 Å². The number of aromatic nitrogens is 2. The van der Waals surface area contributed by atoms with E-state index in [0.717, 1.165) is 55.0 Å². The highest BCUT2D eigenvalue weighted by atomic mass is 16.5. The number of aryl methyl sites for hydroxylation is 1. The van der Waals surface area contributed by atoms with Crippen LogP contribution in [0.4, 0.5) is 11.6 Å². The second kappa shape index (κ2) is 17.3. The second-order valence-corrected chi connectivity index (χ2v) is 7.31. The van der Waals surface area contributed by atoms with Crippen molar-refractivity contribution in [1.82, 2.24) is 15.4 Å². The summed E-state index contributed by atoms with van der Waals surface area (Å²) < 4.78 is 0. The van der Waals surface area contributed by atoms with E-state index in [-0.39, 0.29) is 5.91 Å². The van der Waals surface area contributed by atoms with Crippen LogP contribution in [0.1, 0.15) is 65.4 Å². The van der Waals surface area contributed by atoms with Gasteiger partial charge < -0.3 is 4.90 Å². The first kappa shape index (κ1) is 28.8. The Bertz CT molecular complexity index is 931. The van der Waals surface area contributed by atoms with Crippen molar-refractivity contribution in [2.24, 2.45) is 0 Å². The number of hydrogen-bond acceptors (Lipinski definition) is 5. The van der Waals surface area contributed by atoms with Crippen LogP contribution >= 0.6 is 0 Å². The number of amides is 1. The van der Waals surface area contributed by atoms with Gasteiger partial charge in [-0.2, -0.15) is 0 Å². The molecular weight excluding hydrogens is 424 g/mol. The number of nitrogens with zero attached hydrogens (tertiary/aromatic N) is 3. The predicted octanol–water partition coefficient (Wildman–Crippen LogP) is 7.10. The van der Waals surface area contributed by atoms with Gasteiger partial charge in [-0.1, -0.05) is 76.4 Å². The summed E-state index contributed by atoms with van der Waals surface area (Å²) in [6.07, 6.45) is 7.61. The van der Waals surface area contributed by atoms with E-state index in [9.17, 15) is 4.79 Å². The van der Waals surface area contributed by atoms with Gasteiger partial charge in [0.15, 0.2) is 0 Å². The summed E-state index contributed by atoms with van der Waals surface area (Å²) >= 11 is 0. The van der Waals surface area contributed by atoms with Crippen molar-refractivity contribution in [3.8, 4) is 11.1 Å². The summed E-state index contributed by atoms with van der Waals surface area (Å²) in [7, 11) is 0.